The first kappa shape index (κ1) is 10.9. The maximum Gasteiger partial charge on any atom is 0.0746 e. The molecule has 0 aromatic rings. The predicted octanol–water partition coefficient (Wildman–Crippen LogP) is 0.383. The Bertz CT molecular complexity index is 94.1. The number of methoxy groups -OCH3 is 1. The van der Waals surface area contributed by atoms with Gasteiger partial charge < -0.3 is 15.2 Å². The van der Waals surface area contributed by atoms with E-state index in [1.807, 2.05) is 13.8 Å². The molecule has 3 nitrogen and oxygen atoms in total. The molecule has 2 N–H and O–H groups in total. The maximum atomic E-state index is 8.48. The summed E-state index contributed by atoms with van der Waals surface area (Å²) in [7, 11) is 1.70. The molecular formula is C8H19NO2. The molecule has 0 aliphatic heterocycles. The third-order valence-corrected chi connectivity index (χ3v) is 1.61. The van der Waals surface area contributed by atoms with Crippen LogP contribution in [0.1, 0.15) is 20.3 Å². The van der Waals surface area contributed by atoms with Crippen LogP contribution >= 0.6 is 0 Å². The van der Waals surface area contributed by atoms with E-state index in [9.17, 15) is 0 Å². The van der Waals surface area contributed by atoms with Crippen LogP contribution in [0.5, 0.6) is 0 Å². The number of nitrogens with one attached hydrogen (secondary N) is 1. The van der Waals surface area contributed by atoms with E-state index in [1.165, 1.54) is 0 Å². The Balaban J connectivity index is 3.23. The Morgan fingerprint density at radius 3 is 2.55 bits per heavy atom. The van der Waals surface area contributed by atoms with Crippen molar-refractivity contribution in [2.75, 3.05) is 26.8 Å². The summed E-state index contributed by atoms with van der Waals surface area (Å²) < 4.78 is 5.19. The van der Waals surface area contributed by atoms with Crippen LogP contribution in [-0.2, 0) is 4.74 Å². The largest absolute Gasteiger partial charge is 0.396 e. The summed E-state index contributed by atoms with van der Waals surface area (Å²) in [6.07, 6.45) is 0.805. The summed E-state index contributed by atoms with van der Waals surface area (Å²) in [6, 6.07) is 0. The van der Waals surface area contributed by atoms with E-state index in [0.29, 0.717) is 0 Å². The topological polar surface area (TPSA) is 41.5 Å². The highest BCUT2D eigenvalue weighted by Gasteiger charge is 2.14. The quantitative estimate of drug-likeness (QED) is 0.553. The molecule has 0 spiro atoms. The monoisotopic (exact) mass is 161 g/mol. The fraction of sp³-hybridized carbons (Fsp3) is 1.00. The normalized spacial score (nSPS) is 12.0. The number of ether oxygens (including phenoxy) is 1. The van der Waals surface area contributed by atoms with Gasteiger partial charge in [-0.3, -0.25) is 0 Å². The lowest BCUT2D eigenvalue weighted by Crippen LogP contribution is -2.37. The fourth-order valence-electron chi connectivity index (χ4n) is 0.666. The summed E-state index contributed by atoms with van der Waals surface area (Å²) in [5.41, 5.74) is -0.102. The van der Waals surface area contributed by atoms with Crippen molar-refractivity contribution in [3.05, 3.63) is 0 Å². The van der Waals surface area contributed by atoms with E-state index in [-0.39, 0.29) is 12.2 Å². The van der Waals surface area contributed by atoms with Crippen molar-refractivity contribution in [3.63, 3.8) is 0 Å². The number of rotatable bonds is 6. The van der Waals surface area contributed by atoms with Gasteiger partial charge in [-0.05, 0) is 26.8 Å². The van der Waals surface area contributed by atoms with Gasteiger partial charge >= 0.3 is 0 Å². The summed E-state index contributed by atoms with van der Waals surface area (Å²) in [4.78, 5) is 0. The minimum atomic E-state index is -0.102. The van der Waals surface area contributed by atoms with Gasteiger partial charge in [-0.1, -0.05) is 0 Å². The van der Waals surface area contributed by atoms with Crippen LogP contribution in [-0.4, -0.2) is 37.5 Å². The van der Waals surface area contributed by atoms with E-state index in [0.717, 1.165) is 19.5 Å². The zero-order chi connectivity index (χ0) is 8.74. The average Bonchev–Trinajstić information content (AvgIpc) is 1.99. The molecule has 0 unspecified atom stereocenters. The van der Waals surface area contributed by atoms with Gasteiger partial charge in [0, 0.05) is 20.3 Å². The van der Waals surface area contributed by atoms with Crippen molar-refractivity contribution in [1.82, 2.24) is 5.32 Å². The SMILES string of the molecule is COC(C)(C)CNCCCO. The zero-order valence-electron chi connectivity index (χ0n) is 7.68. The Kier molecular flexibility index (Phi) is 5.46. The molecule has 0 aromatic heterocycles. The lowest BCUT2D eigenvalue weighted by atomic mass is 10.1. The summed E-state index contributed by atoms with van der Waals surface area (Å²) in [6.45, 7) is 5.98. The van der Waals surface area contributed by atoms with E-state index in [4.69, 9.17) is 9.84 Å². The van der Waals surface area contributed by atoms with E-state index >= 15 is 0 Å². The van der Waals surface area contributed by atoms with Gasteiger partial charge in [-0.25, -0.2) is 0 Å². The third-order valence-electron chi connectivity index (χ3n) is 1.61. The first-order valence-corrected chi connectivity index (χ1v) is 3.99. The van der Waals surface area contributed by atoms with Crippen LogP contribution in [0.2, 0.25) is 0 Å². The van der Waals surface area contributed by atoms with Gasteiger partial charge in [-0.15, -0.1) is 0 Å². The van der Waals surface area contributed by atoms with Crippen LogP contribution in [0.3, 0.4) is 0 Å². The first-order valence-electron chi connectivity index (χ1n) is 3.99. The van der Waals surface area contributed by atoms with Crippen molar-refractivity contribution < 1.29 is 9.84 Å². The molecule has 0 heterocycles. The molecule has 0 saturated carbocycles. The molecule has 0 saturated heterocycles. The van der Waals surface area contributed by atoms with Gasteiger partial charge in [0.1, 0.15) is 0 Å². The predicted molar refractivity (Wildman–Crippen MR) is 45.7 cm³/mol. The molecule has 3 heteroatoms. The minimum Gasteiger partial charge on any atom is -0.396 e. The molecule has 0 aliphatic carbocycles. The molecule has 0 amide bonds. The second-order valence-electron chi connectivity index (χ2n) is 3.22. The second kappa shape index (κ2) is 5.52. The Morgan fingerprint density at radius 1 is 1.45 bits per heavy atom. The molecule has 0 radical (unpaired) electrons. The molecule has 0 aliphatic rings. The van der Waals surface area contributed by atoms with Crippen molar-refractivity contribution in [3.8, 4) is 0 Å². The molecule has 0 bridgehead atoms. The van der Waals surface area contributed by atoms with Crippen molar-refractivity contribution in [2.45, 2.75) is 25.9 Å². The second-order valence-corrected chi connectivity index (χ2v) is 3.22. The summed E-state index contributed by atoms with van der Waals surface area (Å²) >= 11 is 0. The standard InChI is InChI=1S/C8H19NO2/c1-8(2,11-3)7-9-5-4-6-10/h9-10H,4-7H2,1-3H3. The lowest BCUT2D eigenvalue weighted by molar-refractivity contribution is 0.0232. The van der Waals surface area contributed by atoms with Crippen molar-refractivity contribution in [2.24, 2.45) is 0 Å². The Hall–Kier alpha value is -0.120. The smallest absolute Gasteiger partial charge is 0.0746 e. The summed E-state index contributed by atoms with van der Waals surface area (Å²) in [5, 5.41) is 11.7. The number of hydrogen-bond acceptors (Lipinski definition) is 3. The molecule has 0 fully saturated rings. The van der Waals surface area contributed by atoms with Crippen molar-refractivity contribution in [1.29, 1.82) is 0 Å². The van der Waals surface area contributed by atoms with Gasteiger partial charge in [0.25, 0.3) is 0 Å². The fourth-order valence-corrected chi connectivity index (χ4v) is 0.666. The van der Waals surface area contributed by atoms with Crippen LogP contribution in [0, 0.1) is 0 Å². The molecule has 68 valence electrons. The molecule has 11 heavy (non-hydrogen) atoms. The summed E-state index contributed by atoms with van der Waals surface area (Å²) in [5.74, 6) is 0. The van der Waals surface area contributed by atoms with E-state index in [1.54, 1.807) is 7.11 Å². The van der Waals surface area contributed by atoms with Gasteiger partial charge in [0.15, 0.2) is 0 Å². The lowest BCUT2D eigenvalue weighted by Gasteiger charge is -2.23. The van der Waals surface area contributed by atoms with Gasteiger partial charge in [0.2, 0.25) is 0 Å². The van der Waals surface area contributed by atoms with Crippen LogP contribution in [0.15, 0.2) is 0 Å². The molecule has 0 rings (SSSR count). The van der Waals surface area contributed by atoms with Crippen LogP contribution in [0.4, 0.5) is 0 Å². The average molecular weight is 161 g/mol. The minimum absolute atomic E-state index is 0.102. The number of aliphatic hydroxyl groups is 1. The third kappa shape index (κ3) is 6.28. The molecular weight excluding hydrogens is 142 g/mol. The molecule has 0 aromatic carbocycles. The Morgan fingerprint density at radius 2 is 2.09 bits per heavy atom. The Labute approximate surface area is 68.8 Å². The number of aliphatic hydroxyl groups excluding tert-OH is 1. The highest BCUT2D eigenvalue weighted by molar-refractivity contribution is 4.70. The van der Waals surface area contributed by atoms with E-state index < -0.39 is 0 Å². The van der Waals surface area contributed by atoms with E-state index in [2.05, 4.69) is 5.32 Å². The highest BCUT2D eigenvalue weighted by atomic mass is 16.5. The number of hydrogen-bond donors (Lipinski definition) is 2. The maximum absolute atomic E-state index is 8.48. The molecule has 0 atom stereocenters. The van der Waals surface area contributed by atoms with Crippen LogP contribution in [0.25, 0.3) is 0 Å². The highest BCUT2D eigenvalue weighted by Crippen LogP contribution is 2.04. The van der Waals surface area contributed by atoms with Gasteiger partial charge in [0.05, 0.1) is 5.60 Å². The zero-order valence-corrected chi connectivity index (χ0v) is 7.68. The van der Waals surface area contributed by atoms with Crippen molar-refractivity contribution >= 4 is 0 Å². The first-order chi connectivity index (χ1) is 5.12. The van der Waals surface area contributed by atoms with Crippen LogP contribution < -0.4 is 5.32 Å². The van der Waals surface area contributed by atoms with Gasteiger partial charge in [-0.2, -0.15) is 0 Å².